The van der Waals surface area contributed by atoms with Gasteiger partial charge in [-0.15, -0.1) is 0 Å². The zero-order chi connectivity index (χ0) is 12.6. The molecule has 0 atom stereocenters. The number of rotatable bonds is 2. The molecular weight excluding hydrogens is 230 g/mol. The average Bonchev–Trinajstić information content (AvgIpc) is 2.99. The molecule has 1 saturated carbocycles. The Morgan fingerprint density at radius 2 is 1.83 bits per heavy atom. The van der Waals surface area contributed by atoms with Crippen molar-refractivity contribution in [3.8, 4) is 0 Å². The molecule has 0 amide bonds. The fraction of sp³-hybridized carbons (Fsp3) is 0.833. The Balaban J connectivity index is 1.73. The van der Waals surface area contributed by atoms with Gasteiger partial charge in [0.1, 0.15) is 0 Å². The summed E-state index contributed by atoms with van der Waals surface area (Å²) in [6, 6.07) is 0. The predicted molar refractivity (Wildman–Crippen MR) is 68.3 cm³/mol. The van der Waals surface area contributed by atoms with E-state index in [1.165, 1.54) is 0 Å². The second-order valence-electron chi connectivity index (χ2n) is 5.55. The van der Waals surface area contributed by atoms with Crippen LogP contribution in [0.15, 0.2) is 4.52 Å². The summed E-state index contributed by atoms with van der Waals surface area (Å²) in [6.07, 6.45) is 4.22. The van der Waals surface area contributed by atoms with Crippen LogP contribution in [0, 0.1) is 0 Å². The van der Waals surface area contributed by atoms with E-state index in [0.717, 1.165) is 51.9 Å². The van der Waals surface area contributed by atoms with E-state index in [1.54, 1.807) is 0 Å². The number of anilines is 1. The predicted octanol–water partition coefficient (Wildman–Crippen LogP) is 0.549. The van der Waals surface area contributed by atoms with Crippen molar-refractivity contribution in [2.24, 2.45) is 5.73 Å². The van der Waals surface area contributed by atoms with Crippen molar-refractivity contribution < 1.29 is 4.52 Å². The maximum Gasteiger partial charge on any atom is 0.266 e. The Morgan fingerprint density at radius 3 is 2.50 bits per heavy atom. The first-order valence-electron chi connectivity index (χ1n) is 6.74. The van der Waals surface area contributed by atoms with E-state index < -0.39 is 0 Å². The van der Waals surface area contributed by atoms with Crippen LogP contribution < -0.4 is 10.6 Å². The van der Waals surface area contributed by atoms with Gasteiger partial charge >= 0.3 is 0 Å². The summed E-state index contributed by atoms with van der Waals surface area (Å²) in [5.41, 5.74) is 5.95. The summed E-state index contributed by atoms with van der Waals surface area (Å²) in [6.45, 7) is 3.98. The number of nitrogens with zero attached hydrogens (tertiary/aromatic N) is 4. The molecule has 100 valence electrons. The molecule has 1 aliphatic carbocycles. The normalized spacial score (nSPS) is 24.7. The SMILES string of the molecule is CN1CCN(c2noc(C3(N)CCCC3)n2)CC1. The van der Waals surface area contributed by atoms with E-state index in [-0.39, 0.29) is 5.54 Å². The molecule has 1 aromatic rings. The van der Waals surface area contributed by atoms with Gasteiger partial charge in [-0.3, -0.25) is 0 Å². The van der Waals surface area contributed by atoms with Gasteiger partial charge in [0.25, 0.3) is 5.95 Å². The summed E-state index contributed by atoms with van der Waals surface area (Å²) in [4.78, 5) is 8.99. The summed E-state index contributed by atoms with van der Waals surface area (Å²) in [5.74, 6) is 1.32. The fourth-order valence-electron chi connectivity index (χ4n) is 2.77. The number of aromatic nitrogens is 2. The van der Waals surface area contributed by atoms with Crippen LogP contribution in [0.3, 0.4) is 0 Å². The molecule has 0 aromatic carbocycles. The molecule has 3 rings (SSSR count). The van der Waals surface area contributed by atoms with E-state index in [2.05, 4.69) is 27.0 Å². The molecule has 0 radical (unpaired) electrons. The molecule has 6 nitrogen and oxygen atoms in total. The standard InChI is InChI=1S/C12H21N5O/c1-16-6-8-17(9-7-16)11-14-10(18-15-11)12(13)4-2-3-5-12/h2-9,13H2,1H3. The van der Waals surface area contributed by atoms with Crippen molar-refractivity contribution >= 4 is 5.95 Å². The molecule has 1 aliphatic heterocycles. The van der Waals surface area contributed by atoms with Gasteiger partial charge in [-0.05, 0) is 25.0 Å². The van der Waals surface area contributed by atoms with Gasteiger partial charge in [0, 0.05) is 26.2 Å². The fourth-order valence-corrected chi connectivity index (χ4v) is 2.77. The van der Waals surface area contributed by atoms with Gasteiger partial charge in [-0.2, -0.15) is 4.98 Å². The molecule has 1 saturated heterocycles. The molecule has 2 aliphatic rings. The summed E-state index contributed by atoms with van der Waals surface area (Å²) >= 11 is 0. The molecular formula is C12H21N5O. The lowest BCUT2D eigenvalue weighted by Gasteiger charge is -2.31. The lowest BCUT2D eigenvalue weighted by atomic mass is 10.00. The van der Waals surface area contributed by atoms with Crippen LogP contribution in [0.25, 0.3) is 0 Å². The van der Waals surface area contributed by atoms with Crippen molar-refractivity contribution in [1.82, 2.24) is 15.0 Å². The minimum absolute atomic E-state index is 0.377. The Morgan fingerprint density at radius 1 is 1.17 bits per heavy atom. The third kappa shape index (κ3) is 2.10. The van der Waals surface area contributed by atoms with Crippen LogP contribution >= 0.6 is 0 Å². The second kappa shape index (κ2) is 4.51. The monoisotopic (exact) mass is 251 g/mol. The molecule has 6 heteroatoms. The maximum atomic E-state index is 6.32. The lowest BCUT2D eigenvalue weighted by molar-refractivity contribution is 0.283. The van der Waals surface area contributed by atoms with Crippen LogP contribution in [0.1, 0.15) is 31.6 Å². The Bertz CT molecular complexity index is 404. The zero-order valence-electron chi connectivity index (χ0n) is 10.9. The molecule has 0 unspecified atom stereocenters. The van der Waals surface area contributed by atoms with Crippen molar-refractivity contribution in [3.05, 3.63) is 5.89 Å². The third-order valence-corrected chi connectivity index (χ3v) is 4.12. The first-order valence-corrected chi connectivity index (χ1v) is 6.74. The Kier molecular flexibility index (Phi) is 2.99. The number of nitrogens with two attached hydrogens (primary N) is 1. The van der Waals surface area contributed by atoms with E-state index in [4.69, 9.17) is 10.3 Å². The van der Waals surface area contributed by atoms with Gasteiger partial charge in [0.05, 0.1) is 5.54 Å². The highest BCUT2D eigenvalue weighted by Crippen LogP contribution is 2.35. The van der Waals surface area contributed by atoms with Gasteiger partial charge in [0.2, 0.25) is 5.89 Å². The molecule has 2 fully saturated rings. The smallest absolute Gasteiger partial charge is 0.266 e. The number of hydrogen-bond acceptors (Lipinski definition) is 6. The summed E-state index contributed by atoms with van der Waals surface area (Å²) in [7, 11) is 2.13. The minimum atomic E-state index is -0.377. The first-order chi connectivity index (χ1) is 8.67. The molecule has 0 bridgehead atoms. The number of hydrogen-bond donors (Lipinski definition) is 1. The quantitative estimate of drug-likeness (QED) is 0.827. The van der Waals surface area contributed by atoms with E-state index >= 15 is 0 Å². The van der Waals surface area contributed by atoms with Gasteiger partial charge in [-0.1, -0.05) is 12.8 Å². The summed E-state index contributed by atoms with van der Waals surface area (Å²) in [5, 5.41) is 4.10. The lowest BCUT2D eigenvalue weighted by Crippen LogP contribution is -2.45. The summed E-state index contributed by atoms with van der Waals surface area (Å²) < 4.78 is 5.39. The van der Waals surface area contributed by atoms with Crippen LogP contribution in [-0.2, 0) is 5.54 Å². The first kappa shape index (κ1) is 11.9. The highest BCUT2D eigenvalue weighted by atomic mass is 16.5. The molecule has 1 aromatic heterocycles. The minimum Gasteiger partial charge on any atom is -0.336 e. The highest BCUT2D eigenvalue weighted by molar-refractivity contribution is 5.29. The van der Waals surface area contributed by atoms with Crippen LogP contribution in [0.2, 0.25) is 0 Å². The van der Waals surface area contributed by atoms with Crippen LogP contribution in [0.5, 0.6) is 0 Å². The zero-order valence-corrected chi connectivity index (χ0v) is 10.9. The number of piperazine rings is 1. The van der Waals surface area contributed by atoms with Crippen molar-refractivity contribution in [2.45, 2.75) is 31.2 Å². The Hall–Kier alpha value is -1.14. The number of likely N-dealkylation sites (N-methyl/N-ethyl adjacent to an activating group) is 1. The van der Waals surface area contributed by atoms with Crippen LogP contribution in [-0.4, -0.2) is 48.3 Å². The molecule has 2 heterocycles. The van der Waals surface area contributed by atoms with E-state index in [0.29, 0.717) is 11.8 Å². The van der Waals surface area contributed by atoms with Gasteiger partial charge in [0.15, 0.2) is 0 Å². The van der Waals surface area contributed by atoms with Gasteiger partial charge in [-0.25, -0.2) is 0 Å². The van der Waals surface area contributed by atoms with Crippen molar-refractivity contribution in [1.29, 1.82) is 0 Å². The largest absolute Gasteiger partial charge is 0.336 e. The van der Waals surface area contributed by atoms with E-state index in [1.807, 2.05) is 0 Å². The molecule has 0 spiro atoms. The molecule has 18 heavy (non-hydrogen) atoms. The molecule has 2 N–H and O–H groups in total. The van der Waals surface area contributed by atoms with Crippen LogP contribution in [0.4, 0.5) is 5.95 Å². The topological polar surface area (TPSA) is 71.4 Å². The maximum absolute atomic E-state index is 6.32. The van der Waals surface area contributed by atoms with Crippen molar-refractivity contribution in [3.63, 3.8) is 0 Å². The average molecular weight is 251 g/mol. The van der Waals surface area contributed by atoms with Gasteiger partial charge < -0.3 is 20.1 Å². The van der Waals surface area contributed by atoms with E-state index in [9.17, 15) is 0 Å². The highest BCUT2D eigenvalue weighted by Gasteiger charge is 2.37. The van der Waals surface area contributed by atoms with Crippen molar-refractivity contribution in [2.75, 3.05) is 38.1 Å². The second-order valence-corrected chi connectivity index (χ2v) is 5.55. The Labute approximate surface area is 107 Å². The third-order valence-electron chi connectivity index (χ3n) is 4.12.